The maximum absolute atomic E-state index is 13.6. The Kier molecular flexibility index (Phi) is 4.05. The van der Waals surface area contributed by atoms with Crippen molar-refractivity contribution in [3.63, 3.8) is 0 Å². The van der Waals surface area contributed by atoms with Gasteiger partial charge in [-0.15, -0.1) is 0 Å². The number of benzene rings is 4. The quantitative estimate of drug-likeness (QED) is 0.416. The van der Waals surface area contributed by atoms with Gasteiger partial charge in [0.15, 0.2) is 5.78 Å². The summed E-state index contributed by atoms with van der Waals surface area (Å²) in [5.41, 5.74) is 2.46. The molecule has 0 amide bonds. The van der Waals surface area contributed by atoms with E-state index in [4.69, 9.17) is 0 Å². The number of carbonyl (C=O) groups is 1. The Morgan fingerprint density at radius 2 is 1.38 bits per heavy atom. The smallest absolute Gasteiger partial charge is 0.194 e. The molecule has 0 radical (unpaired) electrons. The SMILES string of the molecule is O=C(c1ccccc1)c1c(-c2ccc(F)cc2)ccc2cc(F)ccc12. The highest BCUT2D eigenvalue weighted by atomic mass is 19.1. The topological polar surface area (TPSA) is 17.1 Å². The van der Waals surface area contributed by atoms with Gasteiger partial charge in [-0.25, -0.2) is 8.78 Å². The van der Waals surface area contributed by atoms with Crippen molar-refractivity contribution in [2.24, 2.45) is 0 Å². The normalized spacial score (nSPS) is 10.8. The average molecular weight is 344 g/mol. The molecule has 0 bridgehead atoms. The average Bonchev–Trinajstić information content (AvgIpc) is 2.68. The third-order valence-corrected chi connectivity index (χ3v) is 4.40. The summed E-state index contributed by atoms with van der Waals surface area (Å²) in [6, 6.07) is 22.9. The van der Waals surface area contributed by atoms with Crippen LogP contribution in [-0.4, -0.2) is 5.78 Å². The van der Waals surface area contributed by atoms with Crippen LogP contribution in [0.5, 0.6) is 0 Å². The van der Waals surface area contributed by atoms with Crippen LogP contribution in [0.4, 0.5) is 8.78 Å². The number of carbonyl (C=O) groups excluding carboxylic acids is 1. The van der Waals surface area contributed by atoms with Gasteiger partial charge in [0, 0.05) is 11.1 Å². The summed E-state index contributed by atoms with van der Waals surface area (Å²) in [5, 5.41) is 1.32. The van der Waals surface area contributed by atoms with Crippen LogP contribution in [0.1, 0.15) is 15.9 Å². The Morgan fingerprint density at radius 1 is 0.692 bits per heavy atom. The van der Waals surface area contributed by atoms with Gasteiger partial charge in [0.1, 0.15) is 11.6 Å². The fourth-order valence-corrected chi connectivity index (χ4v) is 3.15. The van der Waals surface area contributed by atoms with Crippen LogP contribution in [0.2, 0.25) is 0 Å². The Balaban J connectivity index is 2.01. The molecule has 126 valence electrons. The zero-order valence-electron chi connectivity index (χ0n) is 13.7. The van der Waals surface area contributed by atoms with Crippen LogP contribution in [-0.2, 0) is 0 Å². The van der Waals surface area contributed by atoms with Crippen molar-refractivity contribution in [3.05, 3.63) is 108 Å². The minimum absolute atomic E-state index is 0.151. The van der Waals surface area contributed by atoms with Crippen LogP contribution in [0.25, 0.3) is 21.9 Å². The molecule has 3 heteroatoms. The van der Waals surface area contributed by atoms with Crippen LogP contribution < -0.4 is 0 Å². The Hall–Kier alpha value is -3.33. The van der Waals surface area contributed by atoms with Gasteiger partial charge in [0.05, 0.1) is 0 Å². The van der Waals surface area contributed by atoms with Gasteiger partial charge in [-0.1, -0.05) is 60.7 Å². The molecular weight excluding hydrogens is 330 g/mol. The fourth-order valence-electron chi connectivity index (χ4n) is 3.15. The molecule has 4 rings (SSSR count). The second-order valence-electron chi connectivity index (χ2n) is 6.06. The summed E-state index contributed by atoms with van der Waals surface area (Å²) in [4.78, 5) is 13.2. The van der Waals surface area contributed by atoms with E-state index >= 15 is 0 Å². The van der Waals surface area contributed by atoms with E-state index < -0.39 is 0 Å². The van der Waals surface area contributed by atoms with E-state index in [0.29, 0.717) is 27.5 Å². The molecule has 4 aromatic carbocycles. The minimum atomic E-state index is -0.356. The summed E-state index contributed by atoms with van der Waals surface area (Å²) in [6.45, 7) is 0. The molecule has 0 aliphatic rings. The Bertz CT molecular complexity index is 1100. The van der Waals surface area contributed by atoms with E-state index in [0.717, 1.165) is 5.56 Å². The zero-order chi connectivity index (χ0) is 18.1. The zero-order valence-corrected chi connectivity index (χ0v) is 13.7. The maximum atomic E-state index is 13.6. The molecule has 0 aliphatic carbocycles. The second kappa shape index (κ2) is 6.52. The molecule has 0 spiro atoms. The number of ketones is 1. The molecule has 0 atom stereocenters. The lowest BCUT2D eigenvalue weighted by molar-refractivity contribution is 0.104. The Labute approximate surface area is 149 Å². The number of fused-ring (bicyclic) bond motifs is 1. The van der Waals surface area contributed by atoms with Gasteiger partial charge >= 0.3 is 0 Å². The summed E-state index contributed by atoms with van der Waals surface area (Å²) in [6.07, 6.45) is 0. The molecule has 0 unspecified atom stereocenters. The van der Waals surface area contributed by atoms with Crippen LogP contribution in [0, 0.1) is 11.6 Å². The summed E-state index contributed by atoms with van der Waals surface area (Å²) < 4.78 is 26.9. The van der Waals surface area contributed by atoms with Crippen LogP contribution in [0.3, 0.4) is 0 Å². The second-order valence-corrected chi connectivity index (χ2v) is 6.06. The molecule has 4 aromatic rings. The lowest BCUT2D eigenvalue weighted by atomic mass is 9.89. The third-order valence-electron chi connectivity index (χ3n) is 4.40. The summed E-state index contributed by atoms with van der Waals surface area (Å²) in [5.74, 6) is -0.847. The number of hydrogen-bond acceptors (Lipinski definition) is 1. The van der Waals surface area contributed by atoms with Gasteiger partial charge in [0.25, 0.3) is 0 Å². The first-order chi connectivity index (χ1) is 12.6. The molecule has 0 saturated heterocycles. The minimum Gasteiger partial charge on any atom is -0.289 e. The molecule has 0 saturated carbocycles. The van der Waals surface area contributed by atoms with Crippen molar-refractivity contribution in [3.8, 4) is 11.1 Å². The van der Waals surface area contributed by atoms with Crippen LogP contribution >= 0.6 is 0 Å². The van der Waals surface area contributed by atoms with E-state index in [2.05, 4.69) is 0 Å². The molecule has 26 heavy (non-hydrogen) atoms. The standard InChI is InChI=1S/C23H14F2O/c24-18-9-6-15(7-10-18)20-12-8-17-14-19(25)11-13-21(17)22(20)23(26)16-4-2-1-3-5-16/h1-14H. The van der Waals surface area contributed by atoms with Gasteiger partial charge in [-0.2, -0.15) is 0 Å². The number of hydrogen-bond donors (Lipinski definition) is 0. The van der Waals surface area contributed by atoms with Gasteiger partial charge in [-0.05, 0) is 46.2 Å². The molecule has 0 fully saturated rings. The van der Waals surface area contributed by atoms with Crippen molar-refractivity contribution in [2.45, 2.75) is 0 Å². The van der Waals surface area contributed by atoms with Crippen LogP contribution in [0.15, 0.2) is 84.9 Å². The highest BCUT2D eigenvalue weighted by molar-refractivity contribution is 6.20. The predicted octanol–water partition coefficient (Wildman–Crippen LogP) is 6.02. The monoisotopic (exact) mass is 344 g/mol. The first-order valence-corrected chi connectivity index (χ1v) is 8.21. The number of halogens is 2. The van der Waals surface area contributed by atoms with E-state index in [1.807, 2.05) is 6.07 Å². The lowest BCUT2D eigenvalue weighted by Gasteiger charge is -2.13. The maximum Gasteiger partial charge on any atom is 0.194 e. The number of rotatable bonds is 3. The predicted molar refractivity (Wildman–Crippen MR) is 99.2 cm³/mol. The van der Waals surface area contributed by atoms with Crippen molar-refractivity contribution < 1.29 is 13.6 Å². The Morgan fingerprint density at radius 3 is 2.12 bits per heavy atom. The van der Waals surface area contributed by atoms with Crippen molar-refractivity contribution >= 4 is 16.6 Å². The molecule has 1 nitrogen and oxygen atoms in total. The van der Waals surface area contributed by atoms with Gasteiger partial charge in [0.2, 0.25) is 0 Å². The van der Waals surface area contributed by atoms with E-state index in [1.165, 1.54) is 24.3 Å². The molecule has 0 aliphatic heterocycles. The van der Waals surface area contributed by atoms with Gasteiger partial charge < -0.3 is 0 Å². The highest BCUT2D eigenvalue weighted by Crippen LogP contribution is 2.32. The van der Waals surface area contributed by atoms with Gasteiger partial charge in [-0.3, -0.25) is 4.79 Å². The van der Waals surface area contributed by atoms with Crippen molar-refractivity contribution in [1.29, 1.82) is 0 Å². The molecule has 0 N–H and O–H groups in total. The summed E-state index contributed by atoms with van der Waals surface area (Å²) >= 11 is 0. The van der Waals surface area contributed by atoms with E-state index in [-0.39, 0.29) is 17.4 Å². The lowest BCUT2D eigenvalue weighted by Crippen LogP contribution is -2.05. The van der Waals surface area contributed by atoms with E-state index in [9.17, 15) is 13.6 Å². The third kappa shape index (κ3) is 2.88. The summed E-state index contributed by atoms with van der Waals surface area (Å²) in [7, 11) is 0. The highest BCUT2D eigenvalue weighted by Gasteiger charge is 2.18. The molecular formula is C23H14F2O. The van der Waals surface area contributed by atoms with Crippen molar-refractivity contribution in [1.82, 2.24) is 0 Å². The first kappa shape index (κ1) is 16.2. The largest absolute Gasteiger partial charge is 0.289 e. The van der Waals surface area contributed by atoms with Crippen molar-refractivity contribution in [2.75, 3.05) is 0 Å². The van der Waals surface area contributed by atoms with E-state index in [1.54, 1.807) is 54.6 Å². The molecule has 0 aromatic heterocycles. The molecule has 0 heterocycles. The fraction of sp³-hybridized carbons (Fsp3) is 0. The first-order valence-electron chi connectivity index (χ1n) is 8.21.